The highest BCUT2D eigenvalue weighted by Crippen LogP contribution is 2.20. The van der Waals surface area contributed by atoms with Crippen molar-refractivity contribution in [1.29, 1.82) is 0 Å². The molecule has 2 atom stereocenters. The van der Waals surface area contributed by atoms with E-state index < -0.39 is 12.1 Å². The second kappa shape index (κ2) is 5.67. The van der Waals surface area contributed by atoms with Gasteiger partial charge in [-0.2, -0.15) is 0 Å². The summed E-state index contributed by atoms with van der Waals surface area (Å²) in [5.74, 6) is -0.862. The molecule has 1 saturated carbocycles. The van der Waals surface area contributed by atoms with Crippen LogP contribution >= 0.6 is 0 Å². The van der Waals surface area contributed by atoms with Crippen LogP contribution in [0.3, 0.4) is 0 Å². The summed E-state index contributed by atoms with van der Waals surface area (Å²) in [6.45, 7) is 0.940. The first-order valence-electron chi connectivity index (χ1n) is 6.41. The molecule has 0 bridgehead atoms. The molecule has 0 aromatic rings. The van der Waals surface area contributed by atoms with Crippen molar-refractivity contribution in [3.8, 4) is 0 Å². The molecule has 0 aromatic heterocycles. The van der Waals surface area contributed by atoms with Crippen LogP contribution in [0.2, 0.25) is 0 Å². The van der Waals surface area contributed by atoms with Crippen molar-refractivity contribution in [3.05, 3.63) is 0 Å². The van der Waals surface area contributed by atoms with E-state index in [0.717, 1.165) is 19.3 Å². The van der Waals surface area contributed by atoms with E-state index in [1.165, 1.54) is 0 Å². The highest BCUT2D eigenvalue weighted by Gasteiger charge is 2.31. The SMILES string of the molecule is CN(CC(=O)NC1CC1)CC1CCC(C(=O)O)O1. The van der Waals surface area contributed by atoms with Gasteiger partial charge >= 0.3 is 5.97 Å². The van der Waals surface area contributed by atoms with Crippen LogP contribution in [0.4, 0.5) is 0 Å². The van der Waals surface area contributed by atoms with Gasteiger partial charge in [0.25, 0.3) is 0 Å². The van der Waals surface area contributed by atoms with Gasteiger partial charge in [-0.25, -0.2) is 4.79 Å². The van der Waals surface area contributed by atoms with Gasteiger partial charge in [0.05, 0.1) is 12.6 Å². The lowest BCUT2D eigenvalue weighted by atomic mass is 10.2. The molecule has 0 radical (unpaired) electrons. The van der Waals surface area contributed by atoms with Crippen LogP contribution < -0.4 is 5.32 Å². The summed E-state index contributed by atoms with van der Waals surface area (Å²) in [5.41, 5.74) is 0. The number of nitrogens with one attached hydrogen (secondary N) is 1. The average molecular weight is 256 g/mol. The number of rotatable bonds is 6. The number of hydrogen-bond donors (Lipinski definition) is 2. The van der Waals surface area contributed by atoms with Gasteiger partial charge in [0.15, 0.2) is 6.10 Å². The smallest absolute Gasteiger partial charge is 0.332 e. The van der Waals surface area contributed by atoms with Gasteiger partial charge in [-0.1, -0.05) is 0 Å². The van der Waals surface area contributed by atoms with Gasteiger partial charge in [-0.05, 0) is 32.7 Å². The molecule has 1 aliphatic carbocycles. The topological polar surface area (TPSA) is 78.9 Å². The second-order valence-corrected chi connectivity index (χ2v) is 5.20. The molecule has 18 heavy (non-hydrogen) atoms. The number of carbonyl (C=O) groups is 2. The maximum Gasteiger partial charge on any atom is 0.332 e. The fourth-order valence-corrected chi connectivity index (χ4v) is 2.18. The van der Waals surface area contributed by atoms with Crippen molar-refractivity contribution in [2.24, 2.45) is 0 Å². The molecular weight excluding hydrogens is 236 g/mol. The Kier molecular flexibility index (Phi) is 4.19. The molecule has 2 unspecified atom stereocenters. The molecule has 1 amide bonds. The van der Waals surface area contributed by atoms with E-state index >= 15 is 0 Å². The van der Waals surface area contributed by atoms with Crippen molar-refractivity contribution in [1.82, 2.24) is 10.2 Å². The average Bonchev–Trinajstić information content (AvgIpc) is 2.93. The first-order valence-corrected chi connectivity index (χ1v) is 6.41. The van der Waals surface area contributed by atoms with E-state index in [9.17, 15) is 9.59 Å². The lowest BCUT2D eigenvalue weighted by molar-refractivity contribution is -0.149. The quantitative estimate of drug-likeness (QED) is 0.690. The Morgan fingerprint density at radius 3 is 2.61 bits per heavy atom. The van der Waals surface area contributed by atoms with Crippen LogP contribution in [-0.2, 0) is 14.3 Å². The number of nitrogens with zero attached hydrogens (tertiary/aromatic N) is 1. The largest absolute Gasteiger partial charge is 0.479 e. The third-order valence-corrected chi connectivity index (χ3v) is 3.25. The monoisotopic (exact) mass is 256 g/mol. The standard InChI is InChI=1S/C12H20N2O4/c1-14(7-11(15)13-8-2-3-8)6-9-4-5-10(18-9)12(16)17/h8-10H,2-7H2,1H3,(H,13,15)(H,16,17). The van der Waals surface area contributed by atoms with Crippen LogP contribution in [0.5, 0.6) is 0 Å². The zero-order valence-corrected chi connectivity index (χ0v) is 10.6. The molecule has 102 valence electrons. The molecule has 2 aliphatic rings. The van der Waals surface area contributed by atoms with E-state index in [2.05, 4.69) is 5.32 Å². The Balaban J connectivity index is 1.66. The molecule has 1 aliphatic heterocycles. The minimum atomic E-state index is -0.897. The molecule has 2 rings (SSSR count). The fraction of sp³-hybridized carbons (Fsp3) is 0.833. The van der Waals surface area contributed by atoms with Crippen molar-refractivity contribution in [3.63, 3.8) is 0 Å². The number of likely N-dealkylation sites (N-methyl/N-ethyl adjacent to an activating group) is 1. The van der Waals surface area contributed by atoms with Gasteiger partial charge in [-0.15, -0.1) is 0 Å². The maximum atomic E-state index is 11.6. The molecule has 1 saturated heterocycles. The molecule has 0 spiro atoms. The number of carbonyl (C=O) groups excluding carboxylic acids is 1. The first kappa shape index (κ1) is 13.3. The van der Waals surface area contributed by atoms with E-state index in [-0.39, 0.29) is 12.0 Å². The van der Waals surface area contributed by atoms with E-state index in [4.69, 9.17) is 9.84 Å². The van der Waals surface area contributed by atoms with Crippen molar-refractivity contribution in [2.45, 2.75) is 43.9 Å². The minimum Gasteiger partial charge on any atom is -0.479 e. The molecule has 2 N–H and O–H groups in total. The molecule has 6 nitrogen and oxygen atoms in total. The summed E-state index contributed by atoms with van der Waals surface area (Å²) in [4.78, 5) is 24.2. The number of amides is 1. The van der Waals surface area contributed by atoms with Crippen molar-refractivity contribution >= 4 is 11.9 Å². The van der Waals surface area contributed by atoms with Crippen LogP contribution in [0.1, 0.15) is 25.7 Å². The Morgan fingerprint density at radius 1 is 1.33 bits per heavy atom. The van der Waals surface area contributed by atoms with E-state index in [1.54, 1.807) is 0 Å². The summed E-state index contributed by atoms with van der Waals surface area (Å²) < 4.78 is 5.40. The summed E-state index contributed by atoms with van der Waals surface area (Å²) >= 11 is 0. The molecule has 0 aromatic carbocycles. The van der Waals surface area contributed by atoms with Crippen LogP contribution in [-0.4, -0.2) is 60.3 Å². The zero-order valence-electron chi connectivity index (χ0n) is 10.6. The Hall–Kier alpha value is -1.14. The summed E-state index contributed by atoms with van der Waals surface area (Å²) in [6.07, 6.45) is 2.71. The van der Waals surface area contributed by atoms with E-state index in [1.807, 2.05) is 11.9 Å². The first-order chi connectivity index (χ1) is 8.54. The maximum absolute atomic E-state index is 11.6. The predicted molar refractivity (Wildman–Crippen MR) is 64.2 cm³/mol. The Morgan fingerprint density at radius 2 is 2.06 bits per heavy atom. The fourth-order valence-electron chi connectivity index (χ4n) is 2.18. The third kappa shape index (κ3) is 3.96. The van der Waals surface area contributed by atoms with Crippen molar-refractivity contribution in [2.75, 3.05) is 20.1 Å². The zero-order chi connectivity index (χ0) is 13.1. The predicted octanol–water partition coefficient (Wildman–Crippen LogP) is -0.171. The number of aliphatic carboxylic acids is 1. The van der Waals surface area contributed by atoms with Crippen LogP contribution in [0.25, 0.3) is 0 Å². The lowest BCUT2D eigenvalue weighted by Crippen LogP contribution is -2.39. The van der Waals surface area contributed by atoms with Gasteiger partial charge < -0.3 is 15.2 Å². The van der Waals surface area contributed by atoms with Crippen LogP contribution in [0.15, 0.2) is 0 Å². The van der Waals surface area contributed by atoms with Crippen LogP contribution in [0, 0.1) is 0 Å². The highest BCUT2D eigenvalue weighted by atomic mass is 16.5. The number of ether oxygens (including phenoxy) is 1. The molecule has 2 fully saturated rings. The number of carboxylic acid groups (broad SMARTS) is 1. The normalized spacial score (nSPS) is 27.4. The lowest BCUT2D eigenvalue weighted by Gasteiger charge is -2.20. The number of carboxylic acids is 1. The number of hydrogen-bond acceptors (Lipinski definition) is 4. The molecular formula is C12H20N2O4. The Labute approximate surface area is 106 Å². The van der Waals surface area contributed by atoms with Gasteiger partial charge in [0.2, 0.25) is 5.91 Å². The summed E-state index contributed by atoms with van der Waals surface area (Å²) in [6, 6.07) is 0.380. The molecule has 6 heteroatoms. The van der Waals surface area contributed by atoms with E-state index in [0.29, 0.717) is 25.6 Å². The highest BCUT2D eigenvalue weighted by molar-refractivity contribution is 5.78. The van der Waals surface area contributed by atoms with Gasteiger partial charge in [0, 0.05) is 12.6 Å². The summed E-state index contributed by atoms with van der Waals surface area (Å²) in [5, 5.41) is 11.7. The van der Waals surface area contributed by atoms with Crippen molar-refractivity contribution < 1.29 is 19.4 Å². The summed E-state index contributed by atoms with van der Waals surface area (Å²) in [7, 11) is 1.85. The minimum absolute atomic E-state index is 0.0350. The van der Waals surface area contributed by atoms with Gasteiger partial charge in [0.1, 0.15) is 0 Å². The molecule has 1 heterocycles. The Bertz CT molecular complexity index is 330. The van der Waals surface area contributed by atoms with Gasteiger partial charge in [-0.3, -0.25) is 9.69 Å². The second-order valence-electron chi connectivity index (χ2n) is 5.20. The third-order valence-electron chi connectivity index (χ3n) is 3.25.